The van der Waals surface area contributed by atoms with Gasteiger partial charge in [0.25, 0.3) is 0 Å². The Balaban J connectivity index is 0.00000320. The van der Waals surface area contributed by atoms with Crippen LogP contribution in [-0.2, 0) is 31.0 Å². The number of hydrogen-bond acceptors (Lipinski definition) is 9. The van der Waals surface area contributed by atoms with Gasteiger partial charge >= 0.3 is 11.9 Å². The molecule has 1 amide bonds. The molecule has 1 fully saturated rings. The molecular formula is C25H31ClN2O9. The minimum absolute atomic E-state index is 0. The molecule has 12 heteroatoms. The number of piperidine rings is 1. The Bertz CT molecular complexity index is 1170. The normalized spacial score (nSPS) is 30.5. The number of aliphatic hydroxyl groups is 2. The van der Waals surface area contributed by atoms with Crippen molar-refractivity contribution in [1.82, 2.24) is 10.2 Å². The van der Waals surface area contributed by atoms with Gasteiger partial charge in [0.05, 0.1) is 24.5 Å². The summed E-state index contributed by atoms with van der Waals surface area (Å²) in [6.07, 6.45) is -0.147. The van der Waals surface area contributed by atoms with Crippen molar-refractivity contribution in [1.29, 1.82) is 0 Å². The van der Waals surface area contributed by atoms with Crippen LogP contribution in [0.2, 0.25) is 0 Å². The van der Waals surface area contributed by atoms with Gasteiger partial charge in [-0.3, -0.25) is 4.79 Å². The Morgan fingerprint density at radius 1 is 1.32 bits per heavy atom. The van der Waals surface area contributed by atoms with Crippen molar-refractivity contribution in [3.05, 3.63) is 35.1 Å². The summed E-state index contributed by atoms with van der Waals surface area (Å²) in [5.41, 5.74) is 0.00583. The number of benzene rings is 1. The summed E-state index contributed by atoms with van der Waals surface area (Å²) >= 11 is 0. The lowest BCUT2D eigenvalue weighted by molar-refractivity contribution is -0.170. The molecule has 0 aromatic heterocycles. The van der Waals surface area contributed by atoms with E-state index in [0.717, 1.165) is 17.7 Å². The summed E-state index contributed by atoms with van der Waals surface area (Å²) < 4.78 is 17.7. The van der Waals surface area contributed by atoms with E-state index in [-0.39, 0.29) is 30.6 Å². The molecule has 5 rings (SSSR count). The minimum Gasteiger partial charge on any atom is -0.493 e. The lowest BCUT2D eigenvalue weighted by atomic mass is 9.50. The molecule has 11 nitrogen and oxygen atoms in total. The summed E-state index contributed by atoms with van der Waals surface area (Å²) in [5.74, 6) is -1.76. The number of aliphatic carboxylic acids is 1. The minimum atomic E-state index is -1.87. The van der Waals surface area contributed by atoms with E-state index in [1.807, 2.05) is 19.2 Å². The van der Waals surface area contributed by atoms with Gasteiger partial charge < -0.3 is 39.7 Å². The number of esters is 1. The number of carbonyl (C=O) groups excluding carboxylic acids is 2. The fraction of sp³-hybridized carbons (Fsp3) is 0.560. The predicted molar refractivity (Wildman–Crippen MR) is 131 cm³/mol. The number of carbonyl (C=O) groups is 3. The number of carboxylic acid groups (broad SMARTS) is 1. The molecule has 4 N–H and O–H groups in total. The zero-order valence-corrected chi connectivity index (χ0v) is 21.5. The SMILES string of the molecule is COc1ccc2c3c1O[C@H]1C(OC(=O)C(C)NC(=O)CC(O)C(=O)O)=CC[C@@]4(O)[C@@H](C2)N(C)CC[C@]314.Cl. The zero-order chi connectivity index (χ0) is 26.0. The molecule has 4 aliphatic rings. The molecule has 2 heterocycles. The molecule has 2 aliphatic carbocycles. The largest absolute Gasteiger partial charge is 0.493 e. The van der Waals surface area contributed by atoms with Crippen molar-refractivity contribution in [3.63, 3.8) is 0 Å². The molecule has 1 spiro atoms. The van der Waals surface area contributed by atoms with Crippen molar-refractivity contribution in [2.24, 2.45) is 0 Å². The molecule has 202 valence electrons. The van der Waals surface area contributed by atoms with E-state index in [1.54, 1.807) is 13.2 Å². The number of rotatable bonds is 7. The zero-order valence-electron chi connectivity index (χ0n) is 20.7. The van der Waals surface area contributed by atoms with Crippen LogP contribution in [-0.4, -0.2) is 88.7 Å². The number of amides is 1. The van der Waals surface area contributed by atoms with Crippen LogP contribution in [0.25, 0.3) is 0 Å². The number of hydrogen-bond donors (Lipinski definition) is 4. The lowest BCUT2D eigenvalue weighted by Crippen LogP contribution is -2.74. The van der Waals surface area contributed by atoms with Gasteiger partial charge in [-0.25, -0.2) is 9.59 Å². The second kappa shape index (κ2) is 9.46. The Kier molecular flexibility index (Phi) is 6.95. The van der Waals surface area contributed by atoms with Crippen molar-refractivity contribution >= 4 is 30.3 Å². The number of halogens is 1. The molecule has 1 saturated heterocycles. The van der Waals surface area contributed by atoms with Gasteiger partial charge in [-0.15, -0.1) is 12.4 Å². The Labute approximate surface area is 219 Å². The van der Waals surface area contributed by atoms with E-state index < -0.39 is 53.5 Å². The second-order valence-corrected chi connectivity index (χ2v) is 10.1. The first-order valence-electron chi connectivity index (χ1n) is 11.9. The van der Waals surface area contributed by atoms with Gasteiger partial charge in [0.2, 0.25) is 5.91 Å². The Hall–Kier alpha value is -2.86. The number of likely N-dealkylation sites (N-methyl/N-ethyl adjacent to an activating group) is 1. The maximum absolute atomic E-state index is 12.9. The number of methoxy groups -OCH3 is 1. The lowest BCUT2D eigenvalue weighted by Gasteiger charge is -2.61. The van der Waals surface area contributed by atoms with Gasteiger partial charge in [-0.05, 0) is 51.1 Å². The van der Waals surface area contributed by atoms with Crippen LogP contribution in [0.1, 0.15) is 37.3 Å². The van der Waals surface area contributed by atoms with Crippen LogP contribution in [0.5, 0.6) is 11.5 Å². The van der Waals surface area contributed by atoms with E-state index in [0.29, 0.717) is 24.3 Å². The first-order valence-corrected chi connectivity index (χ1v) is 11.9. The maximum atomic E-state index is 12.9. The van der Waals surface area contributed by atoms with Crippen LogP contribution in [0, 0.1) is 0 Å². The Morgan fingerprint density at radius 3 is 2.73 bits per heavy atom. The molecule has 37 heavy (non-hydrogen) atoms. The molecule has 1 aromatic rings. The maximum Gasteiger partial charge on any atom is 0.333 e. The average molecular weight is 539 g/mol. The molecule has 2 bridgehead atoms. The topological polar surface area (TPSA) is 155 Å². The third-order valence-corrected chi connectivity index (χ3v) is 8.17. The predicted octanol–water partition coefficient (Wildman–Crippen LogP) is 0.278. The molecule has 2 aliphatic heterocycles. The van der Waals surface area contributed by atoms with Crippen LogP contribution in [0.3, 0.4) is 0 Å². The highest BCUT2D eigenvalue weighted by molar-refractivity contribution is 5.87. The molecule has 0 saturated carbocycles. The molecule has 6 atom stereocenters. The van der Waals surface area contributed by atoms with Crippen LogP contribution in [0.4, 0.5) is 0 Å². The molecule has 1 aromatic carbocycles. The standard InChI is InChI=1S/C25H30N2O9.ClH/c1-12(26-18(29)11-14(28)22(30)31)23(32)35-16-6-7-25(33)17-10-13-4-5-15(34-3)20-19(13)24(25,21(16)36-20)8-9-27(17)2;/h4-6,12,14,17,21,28,33H,7-11H2,1-3H3,(H,26,29)(H,30,31);1H/t12?,14?,17-,21+,24+,25-;/m1./s1. The first kappa shape index (κ1) is 27.2. The quantitative estimate of drug-likeness (QED) is 0.356. The highest BCUT2D eigenvalue weighted by Crippen LogP contribution is 2.65. The summed E-state index contributed by atoms with van der Waals surface area (Å²) in [7, 11) is 3.55. The Morgan fingerprint density at radius 2 is 2.05 bits per heavy atom. The third kappa shape index (κ3) is 3.87. The van der Waals surface area contributed by atoms with Crippen molar-refractivity contribution < 1.29 is 43.9 Å². The number of aliphatic hydroxyl groups excluding tert-OH is 1. The highest BCUT2D eigenvalue weighted by atomic mass is 35.5. The van der Waals surface area contributed by atoms with E-state index in [4.69, 9.17) is 19.3 Å². The van der Waals surface area contributed by atoms with Gasteiger partial charge in [0.15, 0.2) is 23.7 Å². The smallest absolute Gasteiger partial charge is 0.333 e. The van der Waals surface area contributed by atoms with Gasteiger partial charge in [0.1, 0.15) is 11.8 Å². The van der Waals surface area contributed by atoms with E-state index in [9.17, 15) is 24.6 Å². The summed E-state index contributed by atoms with van der Waals surface area (Å²) in [6, 6.07) is 2.60. The fourth-order valence-corrected chi connectivity index (χ4v) is 6.41. The van der Waals surface area contributed by atoms with Crippen molar-refractivity contribution in [3.8, 4) is 11.5 Å². The van der Waals surface area contributed by atoms with Crippen LogP contribution >= 0.6 is 12.4 Å². The van der Waals surface area contributed by atoms with Gasteiger partial charge in [-0.1, -0.05) is 6.07 Å². The number of nitrogens with one attached hydrogen (secondary N) is 1. The van der Waals surface area contributed by atoms with Gasteiger partial charge in [-0.2, -0.15) is 0 Å². The third-order valence-electron chi connectivity index (χ3n) is 8.17. The van der Waals surface area contributed by atoms with Crippen LogP contribution < -0.4 is 14.8 Å². The van der Waals surface area contributed by atoms with Crippen molar-refractivity contribution in [2.75, 3.05) is 20.7 Å². The van der Waals surface area contributed by atoms with E-state index in [2.05, 4.69) is 10.2 Å². The number of likely N-dealkylation sites (tertiary alicyclic amines) is 1. The monoisotopic (exact) mass is 538 g/mol. The van der Waals surface area contributed by atoms with Crippen molar-refractivity contribution in [2.45, 2.75) is 67.9 Å². The van der Waals surface area contributed by atoms with E-state index >= 15 is 0 Å². The van der Waals surface area contributed by atoms with Gasteiger partial charge in [0, 0.05) is 18.0 Å². The average Bonchev–Trinajstić information content (AvgIpc) is 3.18. The molecule has 2 unspecified atom stereocenters. The summed E-state index contributed by atoms with van der Waals surface area (Å²) in [6.45, 7) is 2.13. The molecular weight excluding hydrogens is 508 g/mol. The van der Waals surface area contributed by atoms with E-state index in [1.165, 1.54) is 6.92 Å². The fourth-order valence-electron chi connectivity index (χ4n) is 6.41. The molecule has 0 radical (unpaired) electrons. The first-order chi connectivity index (χ1) is 17.0. The van der Waals surface area contributed by atoms with Crippen LogP contribution in [0.15, 0.2) is 24.0 Å². The highest BCUT2D eigenvalue weighted by Gasteiger charge is 2.72. The number of carboxylic acids is 1. The summed E-state index contributed by atoms with van der Waals surface area (Å²) in [4.78, 5) is 37.9. The summed E-state index contributed by atoms with van der Waals surface area (Å²) in [5, 5.41) is 32.7. The number of ether oxygens (including phenoxy) is 3. The second-order valence-electron chi connectivity index (χ2n) is 10.1. The number of nitrogens with zero attached hydrogens (tertiary/aromatic N) is 1.